The molecule has 0 bridgehead atoms. The zero-order valence-corrected chi connectivity index (χ0v) is 13.0. The molecule has 6 nitrogen and oxygen atoms in total. The molecule has 2 atom stereocenters. The standard InChI is InChI=1S/C16H23N3O3/c1-11-4-14(18-22-11)6-19-5-13-7-21-10-16(13,9-19)8-17-15(20)12-2-3-12/h4,12-13H,2-3,5-10H2,1H3,(H,17,20)/t13-,16+/m1/s1. The monoisotopic (exact) mass is 305 g/mol. The Morgan fingerprint density at radius 2 is 2.41 bits per heavy atom. The number of hydrogen-bond donors (Lipinski definition) is 1. The molecule has 22 heavy (non-hydrogen) atoms. The summed E-state index contributed by atoms with van der Waals surface area (Å²) in [7, 11) is 0. The zero-order valence-electron chi connectivity index (χ0n) is 13.0. The summed E-state index contributed by atoms with van der Waals surface area (Å²) in [6.07, 6.45) is 2.10. The van der Waals surface area contributed by atoms with Crippen LogP contribution in [-0.4, -0.2) is 48.8 Å². The molecular weight excluding hydrogens is 282 g/mol. The predicted molar refractivity (Wildman–Crippen MR) is 79.0 cm³/mol. The van der Waals surface area contributed by atoms with Crippen LogP contribution in [-0.2, 0) is 16.1 Å². The molecule has 120 valence electrons. The summed E-state index contributed by atoms with van der Waals surface area (Å²) in [6, 6.07) is 1.99. The summed E-state index contributed by atoms with van der Waals surface area (Å²) in [5.41, 5.74) is 1.05. The number of nitrogens with zero attached hydrogens (tertiary/aromatic N) is 2. The van der Waals surface area contributed by atoms with Gasteiger partial charge in [0.25, 0.3) is 0 Å². The van der Waals surface area contributed by atoms with Crippen molar-refractivity contribution in [2.45, 2.75) is 26.3 Å². The molecule has 1 saturated carbocycles. The second kappa shape index (κ2) is 5.35. The molecule has 2 saturated heterocycles. The van der Waals surface area contributed by atoms with Crippen molar-refractivity contribution in [1.82, 2.24) is 15.4 Å². The summed E-state index contributed by atoms with van der Waals surface area (Å²) < 4.78 is 10.9. The van der Waals surface area contributed by atoms with E-state index in [1.54, 1.807) is 0 Å². The van der Waals surface area contributed by atoms with Crippen LogP contribution in [0.4, 0.5) is 0 Å². The maximum atomic E-state index is 11.9. The van der Waals surface area contributed by atoms with E-state index < -0.39 is 0 Å². The number of carbonyl (C=O) groups excluding carboxylic acids is 1. The van der Waals surface area contributed by atoms with E-state index in [2.05, 4.69) is 15.4 Å². The van der Waals surface area contributed by atoms with E-state index in [4.69, 9.17) is 9.26 Å². The first-order valence-electron chi connectivity index (χ1n) is 8.15. The van der Waals surface area contributed by atoms with Crippen LogP contribution in [0.25, 0.3) is 0 Å². The molecule has 2 aliphatic heterocycles. The summed E-state index contributed by atoms with van der Waals surface area (Å²) in [6.45, 7) is 6.97. The minimum absolute atomic E-state index is 0.0727. The van der Waals surface area contributed by atoms with E-state index in [9.17, 15) is 4.79 Å². The van der Waals surface area contributed by atoms with Crippen molar-refractivity contribution < 1.29 is 14.1 Å². The number of amides is 1. The van der Waals surface area contributed by atoms with E-state index in [-0.39, 0.29) is 17.2 Å². The lowest BCUT2D eigenvalue weighted by atomic mass is 9.81. The third kappa shape index (κ3) is 2.65. The maximum Gasteiger partial charge on any atom is 0.223 e. The van der Waals surface area contributed by atoms with E-state index in [1.165, 1.54) is 0 Å². The van der Waals surface area contributed by atoms with Crippen molar-refractivity contribution in [3.05, 3.63) is 17.5 Å². The van der Waals surface area contributed by atoms with Crippen LogP contribution in [0.2, 0.25) is 0 Å². The quantitative estimate of drug-likeness (QED) is 0.877. The van der Waals surface area contributed by atoms with Gasteiger partial charge in [-0.15, -0.1) is 0 Å². The number of carbonyl (C=O) groups is 1. The van der Waals surface area contributed by atoms with Crippen molar-refractivity contribution in [2.75, 3.05) is 32.8 Å². The van der Waals surface area contributed by atoms with Crippen LogP contribution in [0.3, 0.4) is 0 Å². The van der Waals surface area contributed by atoms with Crippen molar-refractivity contribution in [1.29, 1.82) is 0 Å². The third-order valence-corrected chi connectivity index (χ3v) is 5.22. The van der Waals surface area contributed by atoms with Gasteiger partial charge >= 0.3 is 0 Å². The van der Waals surface area contributed by atoms with Gasteiger partial charge in [0.05, 0.1) is 18.9 Å². The number of aryl methyl sites for hydroxylation is 1. The molecule has 3 heterocycles. The van der Waals surface area contributed by atoms with Crippen molar-refractivity contribution in [3.8, 4) is 0 Å². The fourth-order valence-corrected chi connectivity index (χ4v) is 3.79. The van der Waals surface area contributed by atoms with Crippen LogP contribution in [0.15, 0.2) is 10.6 Å². The Bertz CT molecular complexity index is 569. The highest BCUT2D eigenvalue weighted by atomic mass is 16.5. The smallest absolute Gasteiger partial charge is 0.223 e. The van der Waals surface area contributed by atoms with E-state index in [0.717, 1.165) is 63.7 Å². The average Bonchev–Trinajstić information content (AvgIpc) is 3.03. The Labute approximate surface area is 130 Å². The Kier molecular flexibility index (Phi) is 3.46. The number of fused-ring (bicyclic) bond motifs is 1. The molecule has 1 aliphatic carbocycles. The van der Waals surface area contributed by atoms with Crippen LogP contribution in [0.5, 0.6) is 0 Å². The number of rotatable bonds is 5. The molecule has 6 heteroatoms. The lowest BCUT2D eigenvalue weighted by Crippen LogP contribution is -2.43. The van der Waals surface area contributed by atoms with Gasteiger partial charge in [-0.1, -0.05) is 5.16 Å². The molecule has 1 amide bonds. The number of likely N-dealkylation sites (tertiary alicyclic amines) is 1. The summed E-state index contributed by atoms with van der Waals surface area (Å²) in [4.78, 5) is 14.3. The molecule has 0 radical (unpaired) electrons. The molecular formula is C16H23N3O3. The van der Waals surface area contributed by atoms with Gasteiger partial charge in [0.1, 0.15) is 5.76 Å². The van der Waals surface area contributed by atoms with E-state index in [1.807, 2.05) is 13.0 Å². The highest BCUT2D eigenvalue weighted by Gasteiger charge is 2.50. The maximum absolute atomic E-state index is 11.9. The molecule has 1 N–H and O–H groups in total. The first kappa shape index (κ1) is 14.2. The van der Waals surface area contributed by atoms with Crippen LogP contribution in [0, 0.1) is 24.2 Å². The largest absolute Gasteiger partial charge is 0.380 e. The van der Waals surface area contributed by atoms with E-state index >= 15 is 0 Å². The van der Waals surface area contributed by atoms with Gasteiger partial charge in [-0.05, 0) is 19.8 Å². The van der Waals surface area contributed by atoms with Crippen molar-refractivity contribution in [2.24, 2.45) is 17.3 Å². The fraction of sp³-hybridized carbons (Fsp3) is 0.750. The zero-order chi connectivity index (χ0) is 15.2. The topological polar surface area (TPSA) is 67.6 Å². The van der Waals surface area contributed by atoms with Gasteiger partial charge in [-0.3, -0.25) is 9.69 Å². The summed E-state index contributed by atoms with van der Waals surface area (Å²) in [5, 5.41) is 7.24. The van der Waals surface area contributed by atoms with Crippen LogP contribution in [0.1, 0.15) is 24.3 Å². The second-order valence-corrected chi connectivity index (χ2v) is 7.17. The normalized spacial score (nSPS) is 31.4. The Morgan fingerprint density at radius 3 is 3.14 bits per heavy atom. The van der Waals surface area contributed by atoms with Gasteiger partial charge in [-0.25, -0.2) is 0 Å². The summed E-state index contributed by atoms with van der Waals surface area (Å²) >= 11 is 0. The lowest BCUT2D eigenvalue weighted by Gasteiger charge is -2.27. The number of hydrogen-bond acceptors (Lipinski definition) is 5. The molecule has 3 fully saturated rings. The average molecular weight is 305 g/mol. The predicted octanol–water partition coefficient (Wildman–Crippen LogP) is 0.958. The molecule has 0 unspecified atom stereocenters. The lowest BCUT2D eigenvalue weighted by molar-refractivity contribution is -0.122. The highest BCUT2D eigenvalue weighted by Crippen LogP contribution is 2.41. The molecule has 1 aromatic rings. The number of nitrogens with one attached hydrogen (secondary N) is 1. The van der Waals surface area contributed by atoms with Gasteiger partial charge < -0.3 is 14.6 Å². The SMILES string of the molecule is Cc1cc(CN2C[C@@H]3COC[C@]3(CNC(=O)C3CC3)C2)no1. The third-order valence-electron chi connectivity index (χ3n) is 5.22. The molecule has 0 spiro atoms. The van der Waals surface area contributed by atoms with Crippen LogP contribution >= 0.6 is 0 Å². The van der Waals surface area contributed by atoms with Crippen molar-refractivity contribution >= 4 is 5.91 Å². The number of aromatic nitrogens is 1. The minimum Gasteiger partial charge on any atom is -0.380 e. The Hall–Kier alpha value is -1.40. The van der Waals surface area contributed by atoms with Gasteiger partial charge in [0, 0.05) is 49.5 Å². The van der Waals surface area contributed by atoms with Crippen molar-refractivity contribution in [3.63, 3.8) is 0 Å². The number of ether oxygens (including phenoxy) is 1. The minimum atomic E-state index is 0.0727. The molecule has 1 aromatic heterocycles. The Balaban J connectivity index is 1.39. The second-order valence-electron chi connectivity index (χ2n) is 7.17. The van der Waals surface area contributed by atoms with Gasteiger partial charge in [0.15, 0.2) is 0 Å². The fourth-order valence-electron chi connectivity index (χ4n) is 3.79. The van der Waals surface area contributed by atoms with Crippen LogP contribution < -0.4 is 5.32 Å². The molecule has 4 rings (SSSR count). The Morgan fingerprint density at radius 1 is 1.55 bits per heavy atom. The molecule has 3 aliphatic rings. The van der Waals surface area contributed by atoms with E-state index in [0.29, 0.717) is 5.92 Å². The first-order valence-corrected chi connectivity index (χ1v) is 8.15. The highest BCUT2D eigenvalue weighted by molar-refractivity contribution is 5.80. The van der Waals surface area contributed by atoms with Gasteiger partial charge in [-0.2, -0.15) is 0 Å². The summed E-state index contributed by atoms with van der Waals surface area (Å²) in [5.74, 6) is 1.85. The molecule has 0 aromatic carbocycles. The first-order chi connectivity index (χ1) is 10.6. The van der Waals surface area contributed by atoms with Gasteiger partial charge in [0.2, 0.25) is 5.91 Å².